The first-order chi connectivity index (χ1) is 9.08. The second-order valence-corrected chi connectivity index (χ2v) is 5.70. The van der Waals surface area contributed by atoms with E-state index in [0.717, 1.165) is 0 Å². The van der Waals surface area contributed by atoms with E-state index in [4.69, 9.17) is 0 Å². The molecule has 3 rings (SSSR count). The van der Waals surface area contributed by atoms with E-state index in [0.29, 0.717) is 11.3 Å². The minimum absolute atomic E-state index is 0.0247. The van der Waals surface area contributed by atoms with Crippen LogP contribution in [0.1, 0.15) is 5.56 Å². The van der Waals surface area contributed by atoms with Crippen molar-refractivity contribution in [1.82, 2.24) is 4.72 Å². The maximum atomic E-state index is 12.1. The lowest BCUT2D eigenvalue weighted by Gasteiger charge is -2.18. The molecule has 0 unspecified atom stereocenters. The van der Waals surface area contributed by atoms with E-state index < -0.39 is 10.0 Å². The number of amidine groups is 1. The maximum absolute atomic E-state index is 12.1. The number of nitrogens with zero attached hydrogens (tertiary/aromatic N) is 1. The topological polar surface area (TPSA) is 78.8 Å². The minimum Gasteiger partial charge on any atom is -0.507 e. The van der Waals surface area contributed by atoms with Gasteiger partial charge in [0, 0.05) is 0 Å². The van der Waals surface area contributed by atoms with Gasteiger partial charge in [-0.05, 0) is 24.3 Å². The summed E-state index contributed by atoms with van der Waals surface area (Å²) < 4.78 is 26.6. The number of hydrogen-bond acceptors (Lipinski definition) is 4. The van der Waals surface area contributed by atoms with Gasteiger partial charge in [0.05, 0.1) is 11.3 Å². The van der Waals surface area contributed by atoms with E-state index in [1.807, 2.05) is 0 Å². The SMILES string of the molecule is O=S1(=O)NC(c2ccccc2O)=Nc2ccccc21. The van der Waals surface area contributed by atoms with Crippen molar-refractivity contribution in [2.24, 2.45) is 4.99 Å². The van der Waals surface area contributed by atoms with Crippen molar-refractivity contribution in [2.45, 2.75) is 4.90 Å². The molecule has 0 aliphatic carbocycles. The first kappa shape index (κ1) is 11.7. The van der Waals surface area contributed by atoms with Crippen molar-refractivity contribution in [3.8, 4) is 5.75 Å². The zero-order chi connectivity index (χ0) is 13.5. The minimum atomic E-state index is -3.65. The van der Waals surface area contributed by atoms with Gasteiger partial charge in [-0.2, -0.15) is 0 Å². The van der Waals surface area contributed by atoms with Crippen molar-refractivity contribution in [3.63, 3.8) is 0 Å². The standard InChI is InChI=1S/C13H10N2O3S/c16-11-7-3-1-5-9(11)13-14-10-6-2-4-8-12(10)19(17,18)15-13/h1-8,16H,(H,14,15). The van der Waals surface area contributed by atoms with Crippen molar-refractivity contribution in [2.75, 3.05) is 0 Å². The summed E-state index contributed by atoms with van der Waals surface area (Å²) in [4.78, 5) is 4.37. The fourth-order valence-electron chi connectivity index (χ4n) is 1.89. The Hall–Kier alpha value is -2.34. The molecule has 0 radical (unpaired) electrons. The van der Waals surface area contributed by atoms with Gasteiger partial charge in [-0.1, -0.05) is 24.3 Å². The van der Waals surface area contributed by atoms with Crippen molar-refractivity contribution < 1.29 is 13.5 Å². The molecule has 6 heteroatoms. The smallest absolute Gasteiger partial charge is 0.265 e. The molecule has 1 aliphatic rings. The number of aromatic hydroxyl groups is 1. The summed E-state index contributed by atoms with van der Waals surface area (Å²) in [5, 5.41) is 9.77. The summed E-state index contributed by atoms with van der Waals surface area (Å²) in [6.45, 7) is 0. The second kappa shape index (κ2) is 4.10. The Morgan fingerprint density at radius 1 is 1.00 bits per heavy atom. The summed E-state index contributed by atoms with van der Waals surface area (Å²) in [6, 6.07) is 12.9. The van der Waals surface area contributed by atoms with Crippen LogP contribution in [-0.2, 0) is 10.0 Å². The number of phenolic OH excluding ortho intramolecular Hbond substituents is 1. The molecule has 1 aliphatic heterocycles. The Morgan fingerprint density at radius 2 is 1.68 bits per heavy atom. The monoisotopic (exact) mass is 274 g/mol. The predicted molar refractivity (Wildman–Crippen MR) is 71.1 cm³/mol. The lowest BCUT2D eigenvalue weighted by molar-refractivity contribution is 0.474. The third-order valence-corrected chi connectivity index (χ3v) is 4.16. The van der Waals surface area contributed by atoms with Crippen LogP contribution in [0.25, 0.3) is 0 Å². The molecule has 2 aromatic carbocycles. The zero-order valence-electron chi connectivity index (χ0n) is 9.74. The van der Waals surface area contributed by atoms with Crippen LogP contribution < -0.4 is 4.72 Å². The van der Waals surface area contributed by atoms with Gasteiger partial charge >= 0.3 is 0 Å². The van der Waals surface area contributed by atoms with E-state index in [1.54, 1.807) is 36.4 Å². The summed E-state index contributed by atoms with van der Waals surface area (Å²) in [7, 11) is -3.65. The molecule has 0 atom stereocenters. The van der Waals surface area contributed by atoms with Crippen LogP contribution in [0.4, 0.5) is 5.69 Å². The lowest BCUT2D eigenvalue weighted by atomic mass is 10.2. The Balaban J connectivity index is 2.22. The molecule has 0 spiro atoms. The molecule has 0 amide bonds. The number of fused-ring (bicyclic) bond motifs is 1. The maximum Gasteiger partial charge on any atom is 0.265 e. The number of sulfonamides is 1. The van der Waals surface area contributed by atoms with Gasteiger partial charge in [0.25, 0.3) is 10.0 Å². The van der Waals surface area contributed by atoms with Gasteiger partial charge in [0.15, 0.2) is 5.84 Å². The highest BCUT2D eigenvalue weighted by Gasteiger charge is 2.26. The Morgan fingerprint density at radius 3 is 2.47 bits per heavy atom. The largest absolute Gasteiger partial charge is 0.507 e. The second-order valence-electron chi connectivity index (χ2n) is 4.05. The molecule has 2 N–H and O–H groups in total. The van der Waals surface area contributed by atoms with Crippen LogP contribution in [0.3, 0.4) is 0 Å². The zero-order valence-corrected chi connectivity index (χ0v) is 10.6. The Kier molecular flexibility index (Phi) is 2.53. The summed E-state index contributed by atoms with van der Waals surface area (Å²) >= 11 is 0. The number of hydrogen-bond donors (Lipinski definition) is 2. The summed E-state index contributed by atoms with van der Waals surface area (Å²) in [5.41, 5.74) is 0.708. The number of rotatable bonds is 1. The average molecular weight is 274 g/mol. The van der Waals surface area contributed by atoms with E-state index in [-0.39, 0.29) is 16.5 Å². The van der Waals surface area contributed by atoms with Crippen LogP contribution >= 0.6 is 0 Å². The number of aliphatic imine (C=N–C) groups is 1. The highest BCUT2D eigenvalue weighted by molar-refractivity contribution is 7.90. The predicted octanol–water partition coefficient (Wildman–Crippen LogP) is 1.76. The van der Waals surface area contributed by atoms with Gasteiger partial charge in [-0.15, -0.1) is 0 Å². The molecular weight excluding hydrogens is 264 g/mol. The molecule has 1 heterocycles. The number of phenols is 1. The van der Waals surface area contributed by atoms with Crippen LogP contribution in [0.5, 0.6) is 5.75 Å². The first-order valence-electron chi connectivity index (χ1n) is 5.57. The van der Waals surface area contributed by atoms with Crippen molar-refractivity contribution >= 4 is 21.5 Å². The van der Waals surface area contributed by atoms with Crippen LogP contribution in [0.15, 0.2) is 58.4 Å². The fourth-order valence-corrected chi connectivity index (χ4v) is 3.06. The van der Waals surface area contributed by atoms with Crippen molar-refractivity contribution in [3.05, 3.63) is 54.1 Å². The van der Waals surface area contributed by atoms with Crippen LogP contribution in [-0.4, -0.2) is 19.4 Å². The summed E-state index contributed by atoms with van der Waals surface area (Å²) in [5.74, 6) is 0.0973. The molecule has 0 bridgehead atoms. The van der Waals surface area contributed by atoms with Gasteiger partial charge in [0.1, 0.15) is 10.6 Å². The quantitative estimate of drug-likeness (QED) is 0.831. The van der Waals surface area contributed by atoms with Gasteiger partial charge in [-0.25, -0.2) is 13.4 Å². The highest BCUT2D eigenvalue weighted by Crippen LogP contribution is 2.29. The van der Waals surface area contributed by atoms with Gasteiger partial charge < -0.3 is 5.11 Å². The van der Waals surface area contributed by atoms with E-state index in [9.17, 15) is 13.5 Å². The average Bonchev–Trinajstić information content (AvgIpc) is 2.38. The van der Waals surface area contributed by atoms with E-state index >= 15 is 0 Å². The van der Waals surface area contributed by atoms with E-state index in [1.165, 1.54) is 12.1 Å². The number of nitrogens with one attached hydrogen (secondary N) is 1. The lowest BCUT2D eigenvalue weighted by Crippen LogP contribution is -2.33. The molecule has 96 valence electrons. The molecule has 5 nitrogen and oxygen atoms in total. The fraction of sp³-hybridized carbons (Fsp3) is 0. The van der Waals surface area contributed by atoms with Gasteiger partial charge in [0.2, 0.25) is 0 Å². The molecule has 2 aromatic rings. The number of para-hydroxylation sites is 2. The molecule has 0 saturated carbocycles. The highest BCUT2D eigenvalue weighted by atomic mass is 32.2. The molecule has 0 saturated heterocycles. The molecule has 19 heavy (non-hydrogen) atoms. The third kappa shape index (κ3) is 1.96. The number of benzene rings is 2. The molecule has 0 fully saturated rings. The molecule has 0 aromatic heterocycles. The van der Waals surface area contributed by atoms with Crippen molar-refractivity contribution in [1.29, 1.82) is 0 Å². The van der Waals surface area contributed by atoms with E-state index in [2.05, 4.69) is 9.71 Å². The van der Waals surface area contributed by atoms with Crippen LogP contribution in [0.2, 0.25) is 0 Å². The Labute approximate surface area is 110 Å². The third-order valence-electron chi connectivity index (χ3n) is 2.78. The van der Waals surface area contributed by atoms with Gasteiger partial charge in [-0.3, -0.25) is 4.72 Å². The Bertz CT molecular complexity index is 782. The van der Waals surface area contributed by atoms with Crippen LogP contribution in [0, 0.1) is 0 Å². The summed E-state index contributed by atoms with van der Waals surface area (Å²) in [6.07, 6.45) is 0. The first-order valence-corrected chi connectivity index (χ1v) is 7.05. The molecular formula is C13H10N2O3S. The normalized spacial score (nSPS) is 16.1.